The minimum absolute atomic E-state index is 0.381. The largest absolute Gasteiger partial charge is 0.396 e. The molecule has 3 rings (SSSR count). The molecule has 0 radical (unpaired) electrons. The van der Waals surface area contributed by atoms with Crippen LogP contribution >= 0.6 is 0 Å². The summed E-state index contributed by atoms with van der Waals surface area (Å²) in [5, 5.41) is 9.35. The Morgan fingerprint density at radius 1 is 1.27 bits per heavy atom. The van der Waals surface area contributed by atoms with Gasteiger partial charge >= 0.3 is 0 Å². The number of hydrogen-bond acceptors (Lipinski definition) is 2. The van der Waals surface area contributed by atoms with E-state index in [1.165, 1.54) is 44.9 Å². The van der Waals surface area contributed by atoms with Gasteiger partial charge in [0.25, 0.3) is 0 Å². The second-order valence-electron chi connectivity index (χ2n) is 6.17. The number of nitrogens with two attached hydrogens (primary N) is 1. The highest BCUT2D eigenvalue weighted by Gasteiger charge is 2.57. The molecule has 0 amide bonds. The zero-order chi connectivity index (χ0) is 10.5. The van der Waals surface area contributed by atoms with E-state index in [1.54, 1.807) is 0 Å². The Hall–Kier alpha value is -0.0800. The van der Waals surface area contributed by atoms with Crippen LogP contribution in [0.1, 0.15) is 44.9 Å². The third-order valence-electron chi connectivity index (χ3n) is 5.64. The van der Waals surface area contributed by atoms with Crippen LogP contribution in [-0.2, 0) is 0 Å². The highest BCUT2D eigenvalue weighted by Crippen LogP contribution is 2.61. The van der Waals surface area contributed by atoms with Crippen LogP contribution in [0.25, 0.3) is 0 Å². The Labute approximate surface area is 92.2 Å². The zero-order valence-corrected chi connectivity index (χ0v) is 9.49. The van der Waals surface area contributed by atoms with Crippen LogP contribution in [0, 0.1) is 23.2 Å². The number of fused-ring (bicyclic) bond motifs is 3. The summed E-state index contributed by atoms with van der Waals surface area (Å²) in [6.45, 7) is 0.381. The molecule has 3 saturated carbocycles. The fourth-order valence-electron chi connectivity index (χ4n) is 4.90. The van der Waals surface area contributed by atoms with Gasteiger partial charge in [-0.1, -0.05) is 6.42 Å². The standard InChI is InChI=1S/C13H23NO/c14-12-10-3-4-11(6-10)13(12)5-1-2-9(7-13)8-15/h9-12,15H,1-8,14H2/t9-,10-,11+,12+,13-/m0/s1. The van der Waals surface area contributed by atoms with Crippen molar-refractivity contribution in [3.8, 4) is 0 Å². The van der Waals surface area contributed by atoms with Crippen molar-refractivity contribution in [3.05, 3.63) is 0 Å². The SMILES string of the molecule is N[C@@H]1[C@H]2CC[C@H](C2)[C@@]12CCC[C@H](CO)C2. The molecule has 0 aliphatic heterocycles. The minimum atomic E-state index is 0.381. The van der Waals surface area contributed by atoms with Crippen molar-refractivity contribution in [2.45, 2.75) is 51.0 Å². The molecule has 2 nitrogen and oxygen atoms in total. The molecule has 2 heteroatoms. The molecular formula is C13H23NO. The lowest BCUT2D eigenvalue weighted by atomic mass is 9.60. The zero-order valence-electron chi connectivity index (χ0n) is 9.49. The number of hydrogen-bond donors (Lipinski definition) is 2. The topological polar surface area (TPSA) is 46.2 Å². The summed E-state index contributed by atoms with van der Waals surface area (Å²) >= 11 is 0. The molecule has 0 heterocycles. The first-order chi connectivity index (χ1) is 7.26. The Balaban J connectivity index is 1.83. The van der Waals surface area contributed by atoms with E-state index in [0.717, 1.165) is 11.8 Å². The molecule has 3 N–H and O–H groups in total. The van der Waals surface area contributed by atoms with Crippen molar-refractivity contribution >= 4 is 0 Å². The quantitative estimate of drug-likeness (QED) is 0.693. The van der Waals surface area contributed by atoms with E-state index in [0.29, 0.717) is 24.0 Å². The van der Waals surface area contributed by atoms with Crippen LogP contribution < -0.4 is 5.73 Å². The van der Waals surface area contributed by atoms with E-state index in [-0.39, 0.29) is 0 Å². The number of aliphatic hydroxyl groups is 1. The van der Waals surface area contributed by atoms with Crippen LogP contribution in [-0.4, -0.2) is 17.8 Å². The summed E-state index contributed by atoms with van der Waals surface area (Å²) in [6, 6.07) is 0.450. The fourth-order valence-corrected chi connectivity index (χ4v) is 4.90. The number of aliphatic hydroxyl groups excluding tert-OH is 1. The van der Waals surface area contributed by atoms with Crippen LogP contribution in [0.2, 0.25) is 0 Å². The lowest BCUT2D eigenvalue weighted by Gasteiger charge is -2.47. The molecule has 5 atom stereocenters. The molecule has 2 bridgehead atoms. The van der Waals surface area contributed by atoms with Crippen LogP contribution in [0.3, 0.4) is 0 Å². The molecule has 0 aromatic rings. The maximum Gasteiger partial charge on any atom is 0.0459 e. The molecular weight excluding hydrogens is 186 g/mol. The molecule has 0 aromatic heterocycles. The monoisotopic (exact) mass is 209 g/mol. The molecule has 0 aromatic carbocycles. The van der Waals surface area contributed by atoms with E-state index in [4.69, 9.17) is 5.73 Å². The van der Waals surface area contributed by atoms with Crippen molar-refractivity contribution in [2.24, 2.45) is 28.9 Å². The van der Waals surface area contributed by atoms with Gasteiger partial charge in [-0.05, 0) is 61.7 Å². The second kappa shape index (κ2) is 3.46. The smallest absolute Gasteiger partial charge is 0.0459 e. The van der Waals surface area contributed by atoms with E-state index < -0.39 is 0 Å². The lowest BCUT2D eigenvalue weighted by Crippen LogP contribution is -2.49. The third kappa shape index (κ3) is 1.31. The van der Waals surface area contributed by atoms with Crippen molar-refractivity contribution in [1.82, 2.24) is 0 Å². The van der Waals surface area contributed by atoms with Gasteiger partial charge in [-0.3, -0.25) is 0 Å². The predicted molar refractivity (Wildman–Crippen MR) is 60.3 cm³/mol. The summed E-state index contributed by atoms with van der Waals surface area (Å²) < 4.78 is 0. The van der Waals surface area contributed by atoms with Crippen molar-refractivity contribution in [1.29, 1.82) is 0 Å². The number of rotatable bonds is 1. The van der Waals surface area contributed by atoms with Crippen molar-refractivity contribution < 1.29 is 5.11 Å². The van der Waals surface area contributed by atoms with Gasteiger partial charge in [0.2, 0.25) is 0 Å². The molecule has 1 spiro atoms. The maximum absolute atomic E-state index is 9.35. The van der Waals surface area contributed by atoms with Gasteiger partial charge in [-0.15, -0.1) is 0 Å². The van der Waals surface area contributed by atoms with Gasteiger partial charge in [0.15, 0.2) is 0 Å². The van der Waals surface area contributed by atoms with Gasteiger partial charge in [0.1, 0.15) is 0 Å². The van der Waals surface area contributed by atoms with Gasteiger partial charge in [0.05, 0.1) is 0 Å². The molecule has 3 aliphatic rings. The van der Waals surface area contributed by atoms with Gasteiger partial charge in [-0.25, -0.2) is 0 Å². The van der Waals surface area contributed by atoms with Crippen LogP contribution in [0.5, 0.6) is 0 Å². The minimum Gasteiger partial charge on any atom is -0.396 e. The summed E-state index contributed by atoms with van der Waals surface area (Å²) in [4.78, 5) is 0. The summed E-state index contributed by atoms with van der Waals surface area (Å²) in [7, 11) is 0. The van der Waals surface area contributed by atoms with Gasteiger partial charge in [-0.2, -0.15) is 0 Å². The average molecular weight is 209 g/mol. The first-order valence-corrected chi connectivity index (χ1v) is 6.63. The van der Waals surface area contributed by atoms with Crippen molar-refractivity contribution in [3.63, 3.8) is 0 Å². The Bertz CT molecular complexity index is 251. The average Bonchev–Trinajstić information content (AvgIpc) is 2.84. The molecule has 0 unspecified atom stereocenters. The fraction of sp³-hybridized carbons (Fsp3) is 1.00. The third-order valence-corrected chi connectivity index (χ3v) is 5.64. The second-order valence-corrected chi connectivity index (χ2v) is 6.17. The van der Waals surface area contributed by atoms with Crippen molar-refractivity contribution in [2.75, 3.05) is 6.61 Å². The van der Waals surface area contributed by atoms with Gasteiger partial charge < -0.3 is 10.8 Å². The van der Waals surface area contributed by atoms with E-state index in [2.05, 4.69) is 0 Å². The summed E-state index contributed by atoms with van der Waals surface area (Å²) in [5.41, 5.74) is 6.90. The normalized spacial score (nSPS) is 54.0. The Kier molecular flexibility index (Phi) is 2.33. The first kappa shape index (κ1) is 10.1. The molecule has 15 heavy (non-hydrogen) atoms. The van der Waals surface area contributed by atoms with E-state index >= 15 is 0 Å². The lowest BCUT2D eigenvalue weighted by molar-refractivity contribution is 0.0292. The highest BCUT2D eigenvalue weighted by atomic mass is 16.3. The predicted octanol–water partition coefficient (Wildman–Crippen LogP) is 1.91. The molecule has 3 aliphatic carbocycles. The highest BCUT2D eigenvalue weighted by molar-refractivity contribution is 5.09. The maximum atomic E-state index is 9.35. The van der Waals surface area contributed by atoms with Crippen LogP contribution in [0.4, 0.5) is 0 Å². The Morgan fingerprint density at radius 3 is 2.80 bits per heavy atom. The van der Waals surface area contributed by atoms with Gasteiger partial charge in [0, 0.05) is 12.6 Å². The molecule has 0 saturated heterocycles. The van der Waals surface area contributed by atoms with E-state index in [1.807, 2.05) is 0 Å². The summed E-state index contributed by atoms with van der Waals surface area (Å²) in [6.07, 6.45) is 9.25. The Morgan fingerprint density at radius 2 is 2.13 bits per heavy atom. The summed E-state index contributed by atoms with van der Waals surface area (Å²) in [5.74, 6) is 2.25. The molecule has 86 valence electrons. The van der Waals surface area contributed by atoms with E-state index in [9.17, 15) is 5.11 Å². The van der Waals surface area contributed by atoms with Crippen LogP contribution in [0.15, 0.2) is 0 Å². The first-order valence-electron chi connectivity index (χ1n) is 6.63. The molecule has 3 fully saturated rings.